The Kier molecular flexibility index (Phi) is 8.74. The highest BCUT2D eigenvalue weighted by Crippen LogP contribution is 2.15. The molecule has 1 heterocycles. The molecule has 0 unspecified atom stereocenters. The number of methoxy groups -OCH3 is 1. The predicted molar refractivity (Wildman–Crippen MR) is 106 cm³/mol. The van der Waals surface area contributed by atoms with E-state index in [9.17, 15) is 4.79 Å². The number of aromatic nitrogens is 1. The molecular formula is C21H29N3O3. The van der Waals surface area contributed by atoms with Crippen molar-refractivity contribution in [2.24, 2.45) is 0 Å². The van der Waals surface area contributed by atoms with Crippen molar-refractivity contribution in [3.8, 4) is 5.88 Å². The molecule has 0 aliphatic carbocycles. The lowest BCUT2D eigenvalue weighted by Gasteiger charge is -2.18. The maximum atomic E-state index is 12.6. The van der Waals surface area contributed by atoms with Crippen LogP contribution in [0.5, 0.6) is 5.88 Å². The molecule has 0 aliphatic heterocycles. The summed E-state index contributed by atoms with van der Waals surface area (Å²) in [5.41, 5.74) is 2.74. The molecular weight excluding hydrogens is 342 g/mol. The Balaban J connectivity index is 1.98. The van der Waals surface area contributed by atoms with Crippen LogP contribution in [0.4, 0.5) is 0 Å². The van der Waals surface area contributed by atoms with Gasteiger partial charge in [-0.3, -0.25) is 9.69 Å². The first kappa shape index (κ1) is 20.9. The number of nitrogens with zero attached hydrogens (tertiary/aromatic N) is 2. The zero-order valence-corrected chi connectivity index (χ0v) is 16.4. The van der Waals surface area contributed by atoms with Gasteiger partial charge in [-0.05, 0) is 36.3 Å². The standard InChI is InChI=1S/C21H29N3O3/c1-4-24(5-2)16-18-9-6-8-17(14-18)15-23-20(25)19-10-7-11-22-21(19)27-13-12-26-3/h6-11,14H,4-5,12-13,15-16H2,1-3H3,(H,23,25). The second-order valence-electron chi connectivity index (χ2n) is 6.16. The number of ether oxygens (including phenoxy) is 2. The van der Waals surface area contributed by atoms with Crippen molar-refractivity contribution < 1.29 is 14.3 Å². The summed E-state index contributed by atoms with van der Waals surface area (Å²) in [6.07, 6.45) is 1.61. The van der Waals surface area contributed by atoms with Gasteiger partial charge in [-0.25, -0.2) is 4.98 Å². The lowest BCUT2D eigenvalue weighted by atomic mass is 10.1. The molecule has 6 heteroatoms. The number of hydrogen-bond donors (Lipinski definition) is 1. The van der Waals surface area contributed by atoms with Gasteiger partial charge in [0.1, 0.15) is 12.2 Å². The zero-order valence-electron chi connectivity index (χ0n) is 16.4. The van der Waals surface area contributed by atoms with Crippen LogP contribution in [0.1, 0.15) is 35.3 Å². The third-order valence-corrected chi connectivity index (χ3v) is 4.29. The lowest BCUT2D eigenvalue weighted by molar-refractivity contribution is 0.0941. The summed E-state index contributed by atoms with van der Waals surface area (Å²) in [4.78, 5) is 19.1. The molecule has 1 aromatic carbocycles. The van der Waals surface area contributed by atoms with E-state index < -0.39 is 0 Å². The van der Waals surface area contributed by atoms with Crippen LogP contribution in [0.2, 0.25) is 0 Å². The van der Waals surface area contributed by atoms with Gasteiger partial charge < -0.3 is 14.8 Å². The molecule has 146 valence electrons. The van der Waals surface area contributed by atoms with Gasteiger partial charge in [-0.1, -0.05) is 38.1 Å². The largest absolute Gasteiger partial charge is 0.475 e. The first-order valence-corrected chi connectivity index (χ1v) is 9.33. The number of amides is 1. The van der Waals surface area contributed by atoms with Gasteiger partial charge >= 0.3 is 0 Å². The van der Waals surface area contributed by atoms with E-state index in [1.807, 2.05) is 12.1 Å². The summed E-state index contributed by atoms with van der Waals surface area (Å²) in [7, 11) is 1.60. The molecule has 0 saturated heterocycles. The Labute approximate surface area is 161 Å². The van der Waals surface area contributed by atoms with Crippen LogP contribution >= 0.6 is 0 Å². The second kappa shape index (κ2) is 11.3. The van der Waals surface area contributed by atoms with Gasteiger partial charge in [0, 0.05) is 26.4 Å². The molecule has 0 spiro atoms. The maximum absolute atomic E-state index is 12.6. The van der Waals surface area contributed by atoms with E-state index in [2.05, 4.69) is 41.2 Å². The fourth-order valence-electron chi connectivity index (χ4n) is 2.72. The molecule has 0 fully saturated rings. The molecule has 0 saturated carbocycles. The minimum Gasteiger partial charge on any atom is -0.475 e. The second-order valence-corrected chi connectivity index (χ2v) is 6.16. The van der Waals surface area contributed by atoms with Crippen molar-refractivity contribution >= 4 is 5.91 Å². The molecule has 0 aliphatic rings. The Bertz CT molecular complexity index is 717. The molecule has 6 nitrogen and oxygen atoms in total. The molecule has 2 rings (SSSR count). The summed E-state index contributed by atoms with van der Waals surface area (Å²) in [5, 5.41) is 2.95. The van der Waals surface area contributed by atoms with E-state index in [0.29, 0.717) is 31.2 Å². The first-order chi connectivity index (χ1) is 13.2. The van der Waals surface area contributed by atoms with E-state index in [0.717, 1.165) is 25.2 Å². The van der Waals surface area contributed by atoms with Gasteiger partial charge in [0.25, 0.3) is 5.91 Å². The Hall–Kier alpha value is -2.44. The van der Waals surface area contributed by atoms with Crippen LogP contribution in [0.3, 0.4) is 0 Å². The molecule has 0 radical (unpaired) electrons. The number of pyridine rings is 1. The maximum Gasteiger partial charge on any atom is 0.257 e. The van der Waals surface area contributed by atoms with Crippen molar-refractivity contribution in [2.75, 3.05) is 33.4 Å². The quantitative estimate of drug-likeness (QED) is 0.616. The van der Waals surface area contributed by atoms with Gasteiger partial charge in [0.2, 0.25) is 5.88 Å². The third-order valence-electron chi connectivity index (χ3n) is 4.29. The van der Waals surface area contributed by atoms with E-state index >= 15 is 0 Å². The number of hydrogen-bond acceptors (Lipinski definition) is 5. The summed E-state index contributed by atoms with van der Waals surface area (Å²) < 4.78 is 10.5. The molecule has 2 aromatic rings. The fourth-order valence-corrected chi connectivity index (χ4v) is 2.72. The van der Waals surface area contributed by atoms with Crippen molar-refractivity contribution in [3.05, 3.63) is 59.3 Å². The van der Waals surface area contributed by atoms with Gasteiger partial charge in [0.05, 0.1) is 6.61 Å². The van der Waals surface area contributed by atoms with E-state index in [1.165, 1.54) is 5.56 Å². The molecule has 1 aromatic heterocycles. The lowest BCUT2D eigenvalue weighted by Crippen LogP contribution is -2.24. The predicted octanol–water partition coefficient (Wildman–Crippen LogP) is 2.88. The molecule has 0 bridgehead atoms. The smallest absolute Gasteiger partial charge is 0.257 e. The molecule has 1 N–H and O–H groups in total. The van der Waals surface area contributed by atoms with Gasteiger partial charge in [0.15, 0.2) is 0 Å². The number of nitrogens with one attached hydrogen (secondary N) is 1. The van der Waals surface area contributed by atoms with Crippen LogP contribution in [-0.4, -0.2) is 49.2 Å². The minimum absolute atomic E-state index is 0.204. The van der Waals surface area contributed by atoms with Gasteiger partial charge in [-0.2, -0.15) is 0 Å². The third kappa shape index (κ3) is 6.66. The number of carbonyl (C=O) groups is 1. The van der Waals surface area contributed by atoms with Crippen LogP contribution in [0.25, 0.3) is 0 Å². The van der Waals surface area contributed by atoms with E-state index in [1.54, 1.807) is 25.4 Å². The van der Waals surface area contributed by atoms with E-state index in [-0.39, 0.29) is 5.91 Å². The van der Waals surface area contributed by atoms with Crippen molar-refractivity contribution in [3.63, 3.8) is 0 Å². The normalized spacial score (nSPS) is 10.8. The Morgan fingerprint density at radius 1 is 1.11 bits per heavy atom. The SMILES string of the molecule is CCN(CC)Cc1cccc(CNC(=O)c2cccnc2OCCOC)c1. The van der Waals surface area contributed by atoms with Crippen molar-refractivity contribution in [1.29, 1.82) is 0 Å². The summed E-state index contributed by atoms with van der Waals surface area (Å²) in [5.74, 6) is 0.118. The average molecular weight is 371 g/mol. The molecule has 0 atom stereocenters. The van der Waals surface area contributed by atoms with Crippen LogP contribution in [-0.2, 0) is 17.8 Å². The summed E-state index contributed by atoms with van der Waals surface area (Å²) in [6.45, 7) is 8.51. The Morgan fingerprint density at radius 2 is 1.89 bits per heavy atom. The summed E-state index contributed by atoms with van der Waals surface area (Å²) >= 11 is 0. The minimum atomic E-state index is -0.204. The monoisotopic (exact) mass is 371 g/mol. The highest BCUT2D eigenvalue weighted by Gasteiger charge is 2.13. The van der Waals surface area contributed by atoms with Crippen molar-refractivity contribution in [2.45, 2.75) is 26.9 Å². The van der Waals surface area contributed by atoms with Gasteiger partial charge in [-0.15, -0.1) is 0 Å². The topological polar surface area (TPSA) is 63.7 Å². The summed E-state index contributed by atoms with van der Waals surface area (Å²) in [6, 6.07) is 11.7. The van der Waals surface area contributed by atoms with E-state index in [4.69, 9.17) is 9.47 Å². The number of carbonyl (C=O) groups excluding carboxylic acids is 1. The van der Waals surface area contributed by atoms with Crippen LogP contribution < -0.4 is 10.1 Å². The highest BCUT2D eigenvalue weighted by atomic mass is 16.5. The zero-order chi connectivity index (χ0) is 19.5. The number of benzene rings is 1. The average Bonchev–Trinajstić information content (AvgIpc) is 2.71. The first-order valence-electron chi connectivity index (χ1n) is 9.33. The van der Waals surface area contributed by atoms with Crippen molar-refractivity contribution in [1.82, 2.24) is 15.2 Å². The number of rotatable bonds is 11. The molecule has 1 amide bonds. The Morgan fingerprint density at radius 3 is 2.63 bits per heavy atom. The molecule has 27 heavy (non-hydrogen) atoms. The van der Waals surface area contributed by atoms with Crippen LogP contribution in [0, 0.1) is 0 Å². The highest BCUT2D eigenvalue weighted by molar-refractivity contribution is 5.96. The van der Waals surface area contributed by atoms with Crippen LogP contribution in [0.15, 0.2) is 42.6 Å². The fraction of sp³-hybridized carbons (Fsp3) is 0.429.